The van der Waals surface area contributed by atoms with Crippen LogP contribution in [0, 0.1) is 10.1 Å². The number of amides is 2. The fraction of sp³-hybridized carbons (Fsp3) is 0.333. The third kappa shape index (κ3) is 4.23. The molecule has 1 aromatic rings. The van der Waals surface area contributed by atoms with Crippen molar-refractivity contribution in [1.82, 2.24) is 5.32 Å². The number of nitrogens with one attached hydrogen (secondary N) is 1. The van der Waals surface area contributed by atoms with Gasteiger partial charge in [0.25, 0.3) is 11.6 Å². The highest BCUT2D eigenvalue weighted by Crippen LogP contribution is 2.24. The van der Waals surface area contributed by atoms with Crippen LogP contribution >= 0.6 is 0 Å². The fourth-order valence-electron chi connectivity index (χ4n) is 1.63. The summed E-state index contributed by atoms with van der Waals surface area (Å²) in [5, 5.41) is 13.3. The summed E-state index contributed by atoms with van der Waals surface area (Å²) in [6.07, 6.45) is 1.42. The van der Waals surface area contributed by atoms with Crippen LogP contribution in [0.15, 0.2) is 18.2 Å². The molecule has 108 valence electrons. The molecule has 2 amide bonds. The monoisotopic (exact) mass is 280 g/mol. The number of carbonyl (C=O) groups is 2. The number of nitrogen functional groups attached to an aromatic ring is 1. The van der Waals surface area contributed by atoms with E-state index in [2.05, 4.69) is 5.32 Å². The Balaban J connectivity index is 2.58. The van der Waals surface area contributed by atoms with E-state index in [9.17, 15) is 19.7 Å². The van der Waals surface area contributed by atoms with Gasteiger partial charge in [-0.2, -0.15) is 0 Å². The summed E-state index contributed by atoms with van der Waals surface area (Å²) in [4.78, 5) is 32.4. The highest BCUT2D eigenvalue weighted by molar-refractivity contribution is 6.00. The van der Waals surface area contributed by atoms with E-state index in [0.717, 1.165) is 0 Å². The number of nitro benzene ring substituents is 1. The molecule has 1 aromatic carbocycles. The molecule has 0 aliphatic carbocycles. The highest BCUT2D eigenvalue weighted by Gasteiger charge is 2.18. The van der Waals surface area contributed by atoms with Crippen molar-refractivity contribution in [3.8, 4) is 0 Å². The first kappa shape index (κ1) is 15.4. The number of unbranched alkanes of at least 4 members (excludes halogenated alkanes) is 1. The molecule has 0 atom stereocenters. The van der Waals surface area contributed by atoms with Gasteiger partial charge in [0.15, 0.2) is 0 Å². The molecule has 0 fully saturated rings. The second-order valence-electron chi connectivity index (χ2n) is 4.17. The summed E-state index contributed by atoms with van der Waals surface area (Å²) in [5.74, 6) is -0.871. The number of carbonyl (C=O) groups excluding carboxylic acids is 2. The number of rotatable bonds is 7. The van der Waals surface area contributed by atoms with Gasteiger partial charge in [-0.15, -0.1) is 0 Å². The maximum atomic E-state index is 11.8. The summed E-state index contributed by atoms with van der Waals surface area (Å²) in [5.41, 5.74) is 10.2. The van der Waals surface area contributed by atoms with Crippen molar-refractivity contribution in [2.75, 3.05) is 12.3 Å². The Morgan fingerprint density at radius 1 is 1.30 bits per heavy atom. The molecule has 8 nitrogen and oxygen atoms in total. The van der Waals surface area contributed by atoms with Crippen LogP contribution in [0.4, 0.5) is 11.4 Å². The van der Waals surface area contributed by atoms with Gasteiger partial charge in [0.05, 0.1) is 10.5 Å². The molecule has 1 rings (SSSR count). The van der Waals surface area contributed by atoms with Crippen LogP contribution < -0.4 is 16.8 Å². The zero-order valence-electron chi connectivity index (χ0n) is 10.8. The minimum atomic E-state index is -0.640. The number of hydrogen-bond acceptors (Lipinski definition) is 5. The molecule has 5 N–H and O–H groups in total. The van der Waals surface area contributed by atoms with Gasteiger partial charge in [-0.1, -0.05) is 6.07 Å². The summed E-state index contributed by atoms with van der Waals surface area (Å²) in [6, 6.07) is 4.05. The molecule has 20 heavy (non-hydrogen) atoms. The fourth-order valence-corrected chi connectivity index (χ4v) is 1.63. The number of para-hydroxylation sites is 1. The molecule has 0 radical (unpaired) electrons. The maximum absolute atomic E-state index is 11.8. The number of nitro groups is 1. The lowest BCUT2D eigenvalue weighted by atomic mass is 10.1. The van der Waals surface area contributed by atoms with E-state index in [4.69, 9.17) is 11.5 Å². The van der Waals surface area contributed by atoms with Gasteiger partial charge in [0.2, 0.25) is 5.91 Å². The van der Waals surface area contributed by atoms with E-state index in [1.807, 2.05) is 0 Å². The molecule has 0 bridgehead atoms. The highest BCUT2D eigenvalue weighted by atomic mass is 16.6. The largest absolute Gasteiger partial charge is 0.393 e. The Morgan fingerprint density at radius 3 is 2.60 bits per heavy atom. The van der Waals surface area contributed by atoms with Crippen LogP contribution in [-0.4, -0.2) is 23.3 Å². The molecule has 0 spiro atoms. The molecule has 0 aliphatic rings. The Hall–Kier alpha value is -2.64. The Bertz CT molecular complexity index is 530. The standard InChI is InChI=1S/C12H16N4O4/c13-10(17)6-1-2-7-15-12(18)8-4-3-5-9(11(8)14)16(19)20/h3-5H,1-2,6-7,14H2,(H2,13,17)(H,15,18). The normalized spacial score (nSPS) is 10.0. The lowest BCUT2D eigenvalue weighted by Gasteiger charge is -2.07. The molecule has 0 unspecified atom stereocenters. The van der Waals surface area contributed by atoms with Crippen molar-refractivity contribution in [3.63, 3.8) is 0 Å². The van der Waals surface area contributed by atoms with Crippen LogP contribution in [0.25, 0.3) is 0 Å². The number of nitrogens with two attached hydrogens (primary N) is 2. The molecule has 0 saturated heterocycles. The van der Waals surface area contributed by atoms with E-state index in [1.165, 1.54) is 18.2 Å². The summed E-state index contributed by atoms with van der Waals surface area (Å²) >= 11 is 0. The van der Waals surface area contributed by atoms with Gasteiger partial charge in [0.1, 0.15) is 5.69 Å². The van der Waals surface area contributed by atoms with E-state index in [0.29, 0.717) is 19.4 Å². The van der Waals surface area contributed by atoms with E-state index in [-0.39, 0.29) is 29.3 Å². The Kier molecular flexibility index (Phi) is 5.45. The summed E-state index contributed by atoms with van der Waals surface area (Å²) in [7, 11) is 0. The molecule has 0 saturated carbocycles. The molecule has 0 heterocycles. The number of nitrogens with zero attached hydrogens (tertiary/aromatic N) is 1. The first-order valence-corrected chi connectivity index (χ1v) is 6.03. The zero-order chi connectivity index (χ0) is 15.1. The average molecular weight is 280 g/mol. The smallest absolute Gasteiger partial charge is 0.292 e. The van der Waals surface area contributed by atoms with Crippen LogP contribution in [0.5, 0.6) is 0 Å². The second-order valence-corrected chi connectivity index (χ2v) is 4.17. The third-order valence-electron chi connectivity index (χ3n) is 2.66. The summed E-state index contributed by atoms with van der Waals surface area (Å²) < 4.78 is 0. The second kappa shape index (κ2) is 7.07. The maximum Gasteiger partial charge on any atom is 0.292 e. The van der Waals surface area contributed by atoms with Crippen LogP contribution in [-0.2, 0) is 4.79 Å². The Morgan fingerprint density at radius 2 is 2.00 bits per heavy atom. The van der Waals surface area contributed by atoms with Crippen LogP contribution in [0.2, 0.25) is 0 Å². The molecule has 8 heteroatoms. The summed E-state index contributed by atoms with van der Waals surface area (Å²) in [6.45, 7) is 0.342. The SMILES string of the molecule is NC(=O)CCCCNC(=O)c1cccc([N+](=O)[O-])c1N. The first-order valence-electron chi connectivity index (χ1n) is 6.03. The van der Waals surface area contributed by atoms with Crippen molar-refractivity contribution >= 4 is 23.2 Å². The topological polar surface area (TPSA) is 141 Å². The predicted octanol–water partition coefficient (Wildman–Crippen LogP) is 0.562. The number of benzene rings is 1. The van der Waals surface area contributed by atoms with Gasteiger partial charge in [-0.25, -0.2) is 0 Å². The van der Waals surface area contributed by atoms with E-state index >= 15 is 0 Å². The molecule has 0 aliphatic heterocycles. The van der Waals surface area contributed by atoms with Gasteiger partial charge in [0, 0.05) is 19.0 Å². The Labute approximate surface area is 115 Å². The molecular weight excluding hydrogens is 264 g/mol. The minimum Gasteiger partial charge on any atom is -0.393 e. The lowest BCUT2D eigenvalue weighted by molar-refractivity contribution is -0.383. The van der Waals surface area contributed by atoms with Crippen LogP contribution in [0.1, 0.15) is 29.6 Å². The minimum absolute atomic E-state index is 0.0640. The van der Waals surface area contributed by atoms with Crippen molar-refractivity contribution in [1.29, 1.82) is 0 Å². The van der Waals surface area contributed by atoms with Gasteiger partial charge >= 0.3 is 0 Å². The number of hydrogen-bond donors (Lipinski definition) is 3. The van der Waals surface area contributed by atoms with Gasteiger partial charge in [-0.3, -0.25) is 19.7 Å². The van der Waals surface area contributed by atoms with Crippen molar-refractivity contribution in [2.24, 2.45) is 5.73 Å². The van der Waals surface area contributed by atoms with E-state index < -0.39 is 10.8 Å². The third-order valence-corrected chi connectivity index (χ3v) is 2.66. The number of anilines is 1. The zero-order valence-corrected chi connectivity index (χ0v) is 10.8. The average Bonchev–Trinajstić information content (AvgIpc) is 2.37. The van der Waals surface area contributed by atoms with Gasteiger partial charge in [-0.05, 0) is 18.9 Å². The molecular formula is C12H16N4O4. The van der Waals surface area contributed by atoms with Crippen molar-refractivity contribution in [3.05, 3.63) is 33.9 Å². The first-order chi connectivity index (χ1) is 9.43. The predicted molar refractivity (Wildman–Crippen MR) is 72.9 cm³/mol. The van der Waals surface area contributed by atoms with Crippen molar-refractivity contribution < 1.29 is 14.5 Å². The van der Waals surface area contributed by atoms with Crippen LogP contribution in [0.3, 0.4) is 0 Å². The van der Waals surface area contributed by atoms with Gasteiger partial charge < -0.3 is 16.8 Å². The van der Waals surface area contributed by atoms with Crippen molar-refractivity contribution in [2.45, 2.75) is 19.3 Å². The lowest BCUT2D eigenvalue weighted by Crippen LogP contribution is -2.25. The van der Waals surface area contributed by atoms with E-state index in [1.54, 1.807) is 0 Å². The quantitative estimate of drug-likeness (QED) is 0.289. The number of primary amides is 1. The molecule has 0 aromatic heterocycles.